The van der Waals surface area contributed by atoms with E-state index < -0.39 is 0 Å². The van der Waals surface area contributed by atoms with Crippen molar-refractivity contribution in [1.82, 2.24) is 14.4 Å². The minimum absolute atomic E-state index is 0.923. The lowest BCUT2D eigenvalue weighted by molar-refractivity contribution is 1.22. The lowest BCUT2D eigenvalue weighted by Crippen LogP contribution is -1.92. The average molecular weight is 554 g/mol. The van der Waals surface area contributed by atoms with Gasteiger partial charge in [0, 0.05) is 37.3 Å². The highest BCUT2D eigenvalue weighted by Crippen LogP contribution is 2.38. The van der Waals surface area contributed by atoms with E-state index in [4.69, 9.17) is 9.97 Å². The number of pyridine rings is 2. The van der Waals surface area contributed by atoms with E-state index >= 15 is 0 Å². The topological polar surface area (TPSA) is 30.2 Å². The Labute approximate surface area is 246 Å². The van der Waals surface area contributed by atoms with Gasteiger partial charge in [0.2, 0.25) is 0 Å². The zero-order valence-electron chi connectivity index (χ0n) is 22.5. The van der Waals surface area contributed by atoms with Crippen LogP contribution in [-0.2, 0) is 0 Å². The molecule has 0 unspecified atom stereocenters. The van der Waals surface area contributed by atoms with Crippen molar-refractivity contribution in [3.8, 4) is 33.5 Å². The van der Waals surface area contributed by atoms with Crippen LogP contribution >= 0.6 is 11.3 Å². The summed E-state index contributed by atoms with van der Waals surface area (Å²) >= 11 is 1.86. The summed E-state index contributed by atoms with van der Waals surface area (Å²) in [6, 6.07) is 47.5. The van der Waals surface area contributed by atoms with E-state index in [0.29, 0.717) is 0 Å². The molecule has 0 aliphatic carbocycles. The van der Waals surface area contributed by atoms with Gasteiger partial charge < -0.3 is 0 Å². The van der Waals surface area contributed by atoms with Crippen molar-refractivity contribution in [2.45, 2.75) is 0 Å². The minimum atomic E-state index is 0.923. The van der Waals surface area contributed by atoms with Gasteiger partial charge in [0.05, 0.1) is 16.7 Å². The minimum Gasteiger partial charge on any atom is -0.298 e. The van der Waals surface area contributed by atoms with Gasteiger partial charge in [-0.2, -0.15) is 0 Å². The van der Waals surface area contributed by atoms with Gasteiger partial charge >= 0.3 is 0 Å². The summed E-state index contributed by atoms with van der Waals surface area (Å²) in [5.74, 6) is 0. The Morgan fingerprint density at radius 1 is 0.476 bits per heavy atom. The van der Waals surface area contributed by atoms with Crippen molar-refractivity contribution in [3.63, 3.8) is 0 Å². The van der Waals surface area contributed by atoms with Crippen LogP contribution in [-0.4, -0.2) is 14.4 Å². The largest absolute Gasteiger partial charge is 0.298 e. The normalized spacial score (nSPS) is 11.8. The van der Waals surface area contributed by atoms with Crippen LogP contribution in [0.4, 0.5) is 0 Å². The number of fused-ring (bicyclic) bond motifs is 8. The third-order valence-corrected chi connectivity index (χ3v) is 9.36. The molecule has 0 aliphatic heterocycles. The molecule has 0 N–H and O–H groups in total. The lowest BCUT2D eigenvalue weighted by atomic mass is 9.97. The molecule has 9 rings (SSSR count). The first-order valence-corrected chi connectivity index (χ1v) is 14.9. The summed E-state index contributed by atoms with van der Waals surface area (Å²) in [6.45, 7) is 0. The molecular formula is C38H23N3S. The van der Waals surface area contributed by atoms with Gasteiger partial charge in [-0.1, -0.05) is 91.0 Å². The van der Waals surface area contributed by atoms with Crippen molar-refractivity contribution < 1.29 is 0 Å². The standard InChI is InChI=1S/C38H23N3S/c1-3-12-32-30(11-1)37-38(41-21-6-5-14-35(41)40-37)36(39-32)28-9-7-8-26(22-28)24-15-17-25(18-16-24)27-19-20-34-31(23-27)29-10-2-4-13-33(29)42-34/h1-23H. The summed E-state index contributed by atoms with van der Waals surface area (Å²) in [5.41, 5.74) is 10.7. The lowest BCUT2D eigenvalue weighted by Gasteiger charge is -2.10. The Balaban J connectivity index is 1.14. The van der Waals surface area contributed by atoms with Crippen molar-refractivity contribution in [3.05, 3.63) is 140 Å². The molecule has 0 spiro atoms. The molecular weight excluding hydrogens is 531 g/mol. The molecule has 0 aliphatic rings. The van der Waals surface area contributed by atoms with Crippen molar-refractivity contribution in [2.75, 3.05) is 0 Å². The zero-order chi connectivity index (χ0) is 27.6. The Bertz CT molecular complexity index is 2470. The number of thiophene rings is 1. The van der Waals surface area contributed by atoms with Gasteiger partial charge in [0.25, 0.3) is 0 Å². The molecule has 0 saturated heterocycles. The van der Waals surface area contributed by atoms with E-state index in [2.05, 4.69) is 126 Å². The molecule has 9 aromatic rings. The highest BCUT2D eigenvalue weighted by molar-refractivity contribution is 7.25. The Hall–Kier alpha value is -5.32. The Morgan fingerprint density at radius 2 is 1.17 bits per heavy atom. The molecule has 0 atom stereocenters. The Kier molecular flexibility index (Phi) is 5.07. The summed E-state index contributed by atoms with van der Waals surface area (Å²) in [4.78, 5) is 10.2. The van der Waals surface area contributed by atoms with E-state index in [9.17, 15) is 0 Å². The van der Waals surface area contributed by atoms with Gasteiger partial charge in [-0.05, 0) is 64.7 Å². The number of para-hydroxylation sites is 1. The van der Waals surface area contributed by atoms with E-state index in [1.165, 1.54) is 36.9 Å². The van der Waals surface area contributed by atoms with Crippen molar-refractivity contribution >= 4 is 59.1 Å². The van der Waals surface area contributed by atoms with Crippen LogP contribution in [0.2, 0.25) is 0 Å². The van der Waals surface area contributed by atoms with Gasteiger partial charge in [0.15, 0.2) is 0 Å². The van der Waals surface area contributed by atoms with Crippen LogP contribution in [0.25, 0.3) is 81.3 Å². The fraction of sp³-hybridized carbons (Fsp3) is 0. The maximum atomic E-state index is 5.17. The first-order chi connectivity index (χ1) is 20.8. The van der Waals surface area contributed by atoms with Crippen LogP contribution in [0.3, 0.4) is 0 Å². The molecule has 0 bridgehead atoms. The second-order valence-electron chi connectivity index (χ2n) is 10.7. The summed E-state index contributed by atoms with van der Waals surface area (Å²) in [7, 11) is 0. The number of imidazole rings is 1. The fourth-order valence-electron chi connectivity index (χ4n) is 6.16. The molecule has 196 valence electrons. The Morgan fingerprint density at radius 3 is 2.05 bits per heavy atom. The van der Waals surface area contributed by atoms with E-state index in [1.807, 2.05) is 29.5 Å². The van der Waals surface area contributed by atoms with Gasteiger partial charge in [-0.3, -0.25) is 4.40 Å². The molecule has 0 saturated carbocycles. The third-order valence-electron chi connectivity index (χ3n) is 8.21. The maximum absolute atomic E-state index is 5.17. The molecule has 4 heterocycles. The number of rotatable bonds is 3. The average Bonchev–Trinajstić information content (AvgIpc) is 3.63. The number of hydrogen-bond acceptors (Lipinski definition) is 3. The summed E-state index contributed by atoms with van der Waals surface area (Å²) in [6.07, 6.45) is 2.07. The third kappa shape index (κ3) is 3.59. The predicted molar refractivity (Wildman–Crippen MR) is 177 cm³/mol. The van der Waals surface area contributed by atoms with Crippen LogP contribution in [0, 0.1) is 0 Å². The summed E-state index contributed by atoms with van der Waals surface area (Å²) in [5, 5.41) is 3.72. The first-order valence-electron chi connectivity index (χ1n) is 14.1. The molecule has 3 nitrogen and oxygen atoms in total. The fourth-order valence-corrected chi connectivity index (χ4v) is 7.25. The second-order valence-corrected chi connectivity index (χ2v) is 11.8. The van der Waals surface area contributed by atoms with E-state index in [0.717, 1.165) is 44.4 Å². The summed E-state index contributed by atoms with van der Waals surface area (Å²) < 4.78 is 4.82. The first kappa shape index (κ1) is 23.4. The second kappa shape index (κ2) is 9.10. The highest BCUT2D eigenvalue weighted by Gasteiger charge is 2.16. The highest BCUT2D eigenvalue weighted by atomic mass is 32.1. The quantitative estimate of drug-likeness (QED) is 0.218. The van der Waals surface area contributed by atoms with E-state index in [1.54, 1.807) is 0 Å². The molecule has 0 radical (unpaired) electrons. The van der Waals surface area contributed by atoms with Gasteiger partial charge in [0.1, 0.15) is 11.2 Å². The zero-order valence-corrected chi connectivity index (χ0v) is 23.3. The van der Waals surface area contributed by atoms with Gasteiger partial charge in [-0.15, -0.1) is 11.3 Å². The van der Waals surface area contributed by atoms with Gasteiger partial charge in [-0.25, -0.2) is 9.97 Å². The maximum Gasteiger partial charge on any atom is 0.137 e. The molecule has 42 heavy (non-hydrogen) atoms. The van der Waals surface area contributed by atoms with Crippen LogP contribution in [0.15, 0.2) is 140 Å². The smallest absolute Gasteiger partial charge is 0.137 e. The number of hydrogen-bond donors (Lipinski definition) is 0. The number of nitrogens with zero attached hydrogens (tertiary/aromatic N) is 3. The predicted octanol–water partition coefficient (Wildman–Crippen LogP) is 10.4. The molecule has 5 aromatic carbocycles. The number of benzene rings is 5. The van der Waals surface area contributed by atoms with Crippen LogP contribution < -0.4 is 0 Å². The molecule has 4 heteroatoms. The van der Waals surface area contributed by atoms with E-state index in [-0.39, 0.29) is 0 Å². The van der Waals surface area contributed by atoms with Crippen LogP contribution in [0.5, 0.6) is 0 Å². The SMILES string of the molecule is c1cc(-c2ccc(-c3ccc4sc5ccccc5c4c3)cc2)cc(-c2nc3ccccc3c3nc4ccccn4c23)c1. The monoisotopic (exact) mass is 553 g/mol. The van der Waals surface area contributed by atoms with Crippen molar-refractivity contribution in [2.24, 2.45) is 0 Å². The van der Waals surface area contributed by atoms with Crippen LogP contribution in [0.1, 0.15) is 0 Å². The molecule has 0 amide bonds. The number of aromatic nitrogens is 3. The van der Waals surface area contributed by atoms with Crippen molar-refractivity contribution in [1.29, 1.82) is 0 Å². The molecule has 4 aromatic heterocycles. The molecule has 0 fully saturated rings.